The summed E-state index contributed by atoms with van der Waals surface area (Å²) in [4.78, 5) is 2.19. The molecule has 1 heterocycles. The van der Waals surface area contributed by atoms with E-state index in [2.05, 4.69) is 32.6 Å². The average molecular weight is 188 g/mol. The summed E-state index contributed by atoms with van der Waals surface area (Å²) in [5, 5.41) is 0. The van der Waals surface area contributed by atoms with E-state index in [9.17, 15) is 4.39 Å². The van der Waals surface area contributed by atoms with E-state index in [0.717, 1.165) is 0 Å². The van der Waals surface area contributed by atoms with Crippen LogP contribution in [0.25, 0.3) is 0 Å². The lowest BCUT2D eigenvalue weighted by atomic mass is 10.0. The van der Waals surface area contributed by atoms with Crippen molar-refractivity contribution in [2.24, 2.45) is 5.73 Å². The van der Waals surface area contributed by atoms with Gasteiger partial charge in [-0.1, -0.05) is 0 Å². The number of halogens is 1. The monoisotopic (exact) mass is 188 g/mol. The quantitative estimate of drug-likeness (QED) is 0.676. The maximum atomic E-state index is 13.9. The Balaban J connectivity index is 2.72. The molecule has 0 spiro atoms. The van der Waals surface area contributed by atoms with Crippen LogP contribution in [0.3, 0.4) is 0 Å². The van der Waals surface area contributed by atoms with Crippen molar-refractivity contribution < 1.29 is 4.39 Å². The lowest BCUT2D eigenvalue weighted by Gasteiger charge is -2.35. The first-order chi connectivity index (χ1) is 5.78. The first-order valence-corrected chi connectivity index (χ1v) is 4.94. The summed E-state index contributed by atoms with van der Waals surface area (Å²) in [7, 11) is 0. The first kappa shape index (κ1) is 10.9. The lowest BCUT2D eigenvalue weighted by Crippen LogP contribution is -2.45. The molecule has 3 heteroatoms. The number of nitrogens with zero attached hydrogens (tertiary/aromatic N) is 1. The second kappa shape index (κ2) is 3.21. The van der Waals surface area contributed by atoms with Crippen LogP contribution in [0.1, 0.15) is 34.1 Å². The Morgan fingerprint density at radius 3 is 2.31 bits per heavy atom. The zero-order valence-corrected chi connectivity index (χ0v) is 9.10. The van der Waals surface area contributed by atoms with Crippen LogP contribution in [0.5, 0.6) is 0 Å². The summed E-state index contributed by atoms with van der Waals surface area (Å²) in [6.07, 6.45) is 0.570. The fourth-order valence-electron chi connectivity index (χ4n) is 2.21. The zero-order chi connectivity index (χ0) is 10.3. The molecular formula is C10H21FN2. The van der Waals surface area contributed by atoms with Crippen molar-refractivity contribution >= 4 is 0 Å². The predicted octanol–water partition coefficient (Wildman–Crippen LogP) is 1.55. The molecule has 0 aliphatic carbocycles. The van der Waals surface area contributed by atoms with Crippen LogP contribution in [0.2, 0.25) is 0 Å². The van der Waals surface area contributed by atoms with E-state index in [1.54, 1.807) is 0 Å². The van der Waals surface area contributed by atoms with Crippen LogP contribution in [0.15, 0.2) is 0 Å². The van der Waals surface area contributed by atoms with Crippen LogP contribution in [-0.4, -0.2) is 35.2 Å². The van der Waals surface area contributed by atoms with Gasteiger partial charge in [-0.3, -0.25) is 4.90 Å². The zero-order valence-electron chi connectivity index (χ0n) is 9.10. The van der Waals surface area contributed by atoms with Crippen molar-refractivity contribution in [3.05, 3.63) is 0 Å². The molecule has 1 aliphatic rings. The van der Waals surface area contributed by atoms with Crippen LogP contribution >= 0.6 is 0 Å². The van der Waals surface area contributed by atoms with Gasteiger partial charge in [0, 0.05) is 24.7 Å². The van der Waals surface area contributed by atoms with E-state index in [4.69, 9.17) is 5.73 Å². The molecule has 0 amide bonds. The number of alkyl halides is 1. The van der Waals surface area contributed by atoms with Gasteiger partial charge in [-0.15, -0.1) is 0 Å². The molecule has 2 nitrogen and oxygen atoms in total. The van der Waals surface area contributed by atoms with E-state index in [1.807, 2.05) is 0 Å². The number of hydrogen-bond acceptors (Lipinski definition) is 2. The molecule has 0 aromatic rings. The summed E-state index contributed by atoms with van der Waals surface area (Å²) >= 11 is 0. The van der Waals surface area contributed by atoms with Gasteiger partial charge < -0.3 is 5.73 Å². The predicted molar refractivity (Wildman–Crippen MR) is 53.4 cm³/mol. The highest BCUT2D eigenvalue weighted by molar-refractivity contribution is 4.99. The fourth-order valence-corrected chi connectivity index (χ4v) is 2.21. The third kappa shape index (κ3) is 2.20. The van der Waals surface area contributed by atoms with Crippen molar-refractivity contribution in [1.29, 1.82) is 0 Å². The second-order valence-electron chi connectivity index (χ2n) is 5.21. The molecule has 0 bridgehead atoms. The summed E-state index contributed by atoms with van der Waals surface area (Å²) in [6, 6.07) is 0.300. The van der Waals surface area contributed by atoms with Crippen molar-refractivity contribution in [2.75, 3.05) is 13.1 Å². The van der Waals surface area contributed by atoms with Crippen LogP contribution in [0.4, 0.5) is 4.39 Å². The van der Waals surface area contributed by atoms with Gasteiger partial charge in [0.1, 0.15) is 5.67 Å². The van der Waals surface area contributed by atoms with E-state index in [-0.39, 0.29) is 12.1 Å². The number of nitrogens with two attached hydrogens (primary N) is 1. The van der Waals surface area contributed by atoms with Crippen LogP contribution < -0.4 is 5.73 Å². The summed E-state index contributed by atoms with van der Waals surface area (Å²) in [5.41, 5.74) is 4.32. The van der Waals surface area contributed by atoms with Gasteiger partial charge in [0.25, 0.3) is 0 Å². The first-order valence-electron chi connectivity index (χ1n) is 4.94. The van der Waals surface area contributed by atoms with Crippen molar-refractivity contribution in [1.82, 2.24) is 4.90 Å². The Bertz CT molecular complexity index is 188. The lowest BCUT2D eigenvalue weighted by molar-refractivity contribution is 0.105. The molecule has 0 unspecified atom stereocenters. The Morgan fingerprint density at radius 2 is 2.08 bits per heavy atom. The molecule has 2 atom stereocenters. The summed E-state index contributed by atoms with van der Waals surface area (Å²) in [5.74, 6) is 0. The van der Waals surface area contributed by atoms with Gasteiger partial charge in [0.15, 0.2) is 0 Å². The maximum absolute atomic E-state index is 13.9. The fraction of sp³-hybridized carbons (Fsp3) is 1.00. The molecule has 1 saturated heterocycles. The second-order valence-corrected chi connectivity index (χ2v) is 5.21. The molecule has 0 aromatic carbocycles. The minimum absolute atomic E-state index is 0.0441. The minimum Gasteiger partial charge on any atom is -0.327 e. The molecule has 0 aromatic heterocycles. The molecule has 78 valence electrons. The molecule has 1 aliphatic heterocycles. The van der Waals surface area contributed by atoms with E-state index in [1.165, 1.54) is 0 Å². The van der Waals surface area contributed by atoms with Gasteiger partial charge in [-0.05, 0) is 34.1 Å². The van der Waals surface area contributed by atoms with Crippen molar-refractivity contribution in [3.8, 4) is 0 Å². The molecule has 0 radical (unpaired) electrons. The SMILES string of the molecule is C[C@@H]1C[C@](F)(CN)CN1C(C)(C)C. The summed E-state index contributed by atoms with van der Waals surface area (Å²) < 4.78 is 13.9. The van der Waals surface area contributed by atoms with Gasteiger partial charge >= 0.3 is 0 Å². The van der Waals surface area contributed by atoms with Gasteiger partial charge in [-0.25, -0.2) is 4.39 Å². The smallest absolute Gasteiger partial charge is 0.137 e. The molecule has 1 fully saturated rings. The van der Waals surface area contributed by atoms with Crippen molar-refractivity contribution in [3.63, 3.8) is 0 Å². The third-order valence-corrected chi connectivity index (χ3v) is 2.87. The molecular weight excluding hydrogens is 167 g/mol. The van der Waals surface area contributed by atoms with E-state index < -0.39 is 5.67 Å². The van der Waals surface area contributed by atoms with Gasteiger partial charge in [0.2, 0.25) is 0 Å². The van der Waals surface area contributed by atoms with Gasteiger partial charge in [0.05, 0.1) is 0 Å². The number of rotatable bonds is 1. The summed E-state index contributed by atoms with van der Waals surface area (Å²) in [6.45, 7) is 9.05. The number of hydrogen-bond donors (Lipinski definition) is 1. The van der Waals surface area contributed by atoms with E-state index >= 15 is 0 Å². The third-order valence-electron chi connectivity index (χ3n) is 2.87. The molecule has 1 rings (SSSR count). The number of likely N-dealkylation sites (tertiary alicyclic amines) is 1. The minimum atomic E-state index is -1.16. The van der Waals surface area contributed by atoms with Crippen molar-refractivity contribution in [2.45, 2.75) is 51.4 Å². The Kier molecular flexibility index (Phi) is 2.70. The molecule has 2 N–H and O–H groups in total. The highest BCUT2D eigenvalue weighted by Gasteiger charge is 2.45. The Labute approximate surface area is 80.3 Å². The Hall–Kier alpha value is -0.150. The Morgan fingerprint density at radius 1 is 1.54 bits per heavy atom. The molecule has 13 heavy (non-hydrogen) atoms. The standard InChI is InChI=1S/C10H21FN2/c1-8-5-10(11,6-12)7-13(8)9(2,3)4/h8H,5-7,12H2,1-4H3/t8-,10+/m1/s1. The van der Waals surface area contributed by atoms with Crippen LogP contribution in [0, 0.1) is 0 Å². The molecule has 0 saturated carbocycles. The van der Waals surface area contributed by atoms with E-state index in [0.29, 0.717) is 19.0 Å². The van der Waals surface area contributed by atoms with Gasteiger partial charge in [-0.2, -0.15) is 0 Å². The highest BCUT2D eigenvalue weighted by atomic mass is 19.1. The average Bonchev–Trinajstić information content (AvgIpc) is 2.27. The normalized spacial score (nSPS) is 36.9. The topological polar surface area (TPSA) is 29.3 Å². The highest BCUT2D eigenvalue weighted by Crippen LogP contribution is 2.34. The van der Waals surface area contributed by atoms with Crippen LogP contribution in [-0.2, 0) is 0 Å². The maximum Gasteiger partial charge on any atom is 0.137 e. The largest absolute Gasteiger partial charge is 0.327 e.